The number of benzene rings is 1. The molecular formula is C13H18N2O2. The maximum absolute atomic E-state index is 10.7. The largest absolute Gasteiger partial charge is 0.313 e. The number of rotatable bonds is 6. The molecule has 0 aromatic heterocycles. The van der Waals surface area contributed by atoms with Gasteiger partial charge in [0.05, 0.1) is 4.92 Å². The zero-order chi connectivity index (χ0) is 12.7. The van der Waals surface area contributed by atoms with Crippen LogP contribution in [0, 0.1) is 10.1 Å². The molecule has 0 aliphatic carbocycles. The number of nitrogens with zero attached hydrogens (tertiary/aromatic N) is 1. The third-order valence-electron chi connectivity index (χ3n) is 2.51. The Hall–Kier alpha value is -1.68. The van der Waals surface area contributed by atoms with E-state index < -0.39 is 0 Å². The molecule has 1 N–H and O–H groups in total. The van der Waals surface area contributed by atoms with Gasteiger partial charge in [0.1, 0.15) is 0 Å². The molecular weight excluding hydrogens is 216 g/mol. The standard InChI is InChI=1S/C13H18N2O2/c1-3-11(10-14-4-2)8-12-6-5-7-13(9-12)15(16)17/h5-9,14H,3-4,10H2,1-2H3. The van der Waals surface area contributed by atoms with Gasteiger partial charge in [0.25, 0.3) is 5.69 Å². The fourth-order valence-corrected chi connectivity index (χ4v) is 1.53. The van der Waals surface area contributed by atoms with Gasteiger partial charge in [0.2, 0.25) is 0 Å². The Labute approximate surface area is 101 Å². The fourth-order valence-electron chi connectivity index (χ4n) is 1.53. The SMILES string of the molecule is CCNCC(=Cc1cccc([N+](=O)[O-])c1)CC. The van der Waals surface area contributed by atoms with Crippen LogP contribution in [0.2, 0.25) is 0 Å². The molecule has 0 unspecified atom stereocenters. The van der Waals surface area contributed by atoms with Crippen LogP contribution >= 0.6 is 0 Å². The molecule has 4 nitrogen and oxygen atoms in total. The summed E-state index contributed by atoms with van der Waals surface area (Å²) < 4.78 is 0. The van der Waals surface area contributed by atoms with Gasteiger partial charge in [-0.2, -0.15) is 0 Å². The van der Waals surface area contributed by atoms with E-state index in [1.807, 2.05) is 12.1 Å². The van der Waals surface area contributed by atoms with Crippen molar-refractivity contribution < 1.29 is 4.92 Å². The molecule has 1 rings (SSSR count). The minimum Gasteiger partial charge on any atom is -0.313 e. The van der Waals surface area contributed by atoms with E-state index in [0.717, 1.165) is 25.1 Å². The van der Waals surface area contributed by atoms with E-state index in [1.54, 1.807) is 12.1 Å². The van der Waals surface area contributed by atoms with Crippen molar-refractivity contribution in [1.82, 2.24) is 5.32 Å². The first-order chi connectivity index (χ1) is 8.17. The first kappa shape index (κ1) is 13.4. The lowest BCUT2D eigenvalue weighted by Gasteiger charge is -2.05. The lowest BCUT2D eigenvalue weighted by atomic mass is 10.1. The van der Waals surface area contributed by atoms with Crippen molar-refractivity contribution in [1.29, 1.82) is 0 Å². The van der Waals surface area contributed by atoms with Gasteiger partial charge in [0, 0.05) is 18.7 Å². The molecule has 0 atom stereocenters. The highest BCUT2D eigenvalue weighted by Crippen LogP contribution is 2.16. The molecule has 0 heterocycles. The van der Waals surface area contributed by atoms with Crippen molar-refractivity contribution in [2.75, 3.05) is 13.1 Å². The summed E-state index contributed by atoms with van der Waals surface area (Å²) in [5.74, 6) is 0. The Morgan fingerprint density at radius 2 is 2.24 bits per heavy atom. The molecule has 0 spiro atoms. The van der Waals surface area contributed by atoms with E-state index in [0.29, 0.717) is 0 Å². The summed E-state index contributed by atoms with van der Waals surface area (Å²) >= 11 is 0. The van der Waals surface area contributed by atoms with Crippen LogP contribution in [0.25, 0.3) is 6.08 Å². The van der Waals surface area contributed by atoms with Crippen LogP contribution in [0.15, 0.2) is 29.8 Å². The molecule has 0 aliphatic heterocycles. The van der Waals surface area contributed by atoms with Crippen molar-refractivity contribution in [2.45, 2.75) is 20.3 Å². The second-order valence-corrected chi connectivity index (χ2v) is 3.79. The number of hydrogen-bond donors (Lipinski definition) is 1. The highest BCUT2D eigenvalue weighted by molar-refractivity contribution is 5.56. The van der Waals surface area contributed by atoms with Crippen LogP contribution < -0.4 is 5.32 Å². The number of likely N-dealkylation sites (N-methyl/N-ethyl adjacent to an activating group) is 1. The lowest BCUT2D eigenvalue weighted by Crippen LogP contribution is -2.15. The normalized spacial score (nSPS) is 11.5. The van der Waals surface area contributed by atoms with Gasteiger partial charge in [-0.3, -0.25) is 10.1 Å². The fraction of sp³-hybridized carbons (Fsp3) is 0.385. The summed E-state index contributed by atoms with van der Waals surface area (Å²) in [6.45, 7) is 5.89. The summed E-state index contributed by atoms with van der Waals surface area (Å²) in [5, 5.41) is 13.9. The van der Waals surface area contributed by atoms with Gasteiger partial charge in [-0.15, -0.1) is 0 Å². The smallest absolute Gasteiger partial charge is 0.270 e. The second kappa shape index (κ2) is 6.81. The zero-order valence-corrected chi connectivity index (χ0v) is 10.3. The molecule has 0 aliphatic rings. The van der Waals surface area contributed by atoms with E-state index >= 15 is 0 Å². The highest BCUT2D eigenvalue weighted by Gasteiger charge is 2.04. The molecule has 1 aromatic rings. The molecule has 0 amide bonds. The molecule has 17 heavy (non-hydrogen) atoms. The van der Waals surface area contributed by atoms with Crippen LogP contribution in [-0.2, 0) is 0 Å². The van der Waals surface area contributed by atoms with Gasteiger partial charge in [-0.25, -0.2) is 0 Å². The summed E-state index contributed by atoms with van der Waals surface area (Å²) in [5.41, 5.74) is 2.26. The quantitative estimate of drug-likeness (QED) is 0.608. The van der Waals surface area contributed by atoms with E-state index in [1.165, 1.54) is 11.6 Å². The molecule has 0 saturated carbocycles. The molecule has 0 fully saturated rings. The summed E-state index contributed by atoms with van der Waals surface area (Å²) in [6.07, 6.45) is 2.95. The van der Waals surface area contributed by atoms with Crippen molar-refractivity contribution >= 4 is 11.8 Å². The molecule has 0 radical (unpaired) electrons. The van der Waals surface area contributed by atoms with Crippen LogP contribution in [0.4, 0.5) is 5.69 Å². The summed E-state index contributed by atoms with van der Waals surface area (Å²) in [7, 11) is 0. The van der Waals surface area contributed by atoms with Gasteiger partial charge in [-0.1, -0.05) is 37.6 Å². The topological polar surface area (TPSA) is 55.2 Å². The van der Waals surface area contributed by atoms with Gasteiger partial charge in [-0.05, 0) is 18.5 Å². The van der Waals surface area contributed by atoms with Gasteiger partial charge in [0.15, 0.2) is 0 Å². The van der Waals surface area contributed by atoms with Crippen LogP contribution in [0.1, 0.15) is 25.8 Å². The first-order valence-electron chi connectivity index (χ1n) is 5.82. The third-order valence-corrected chi connectivity index (χ3v) is 2.51. The number of nitro groups is 1. The maximum atomic E-state index is 10.7. The highest BCUT2D eigenvalue weighted by atomic mass is 16.6. The Balaban J connectivity index is 2.87. The van der Waals surface area contributed by atoms with E-state index in [9.17, 15) is 10.1 Å². The predicted molar refractivity (Wildman–Crippen MR) is 69.9 cm³/mol. The van der Waals surface area contributed by atoms with Crippen LogP contribution in [0.5, 0.6) is 0 Å². The van der Waals surface area contributed by atoms with E-state index in [2.05, 4.69) is 19.2 Å². The van der Waals surface area contributed by atoms with Crippen LogP contribution in [0.3, 0.4) is 0 Å². The average molecular weight is 234 g/mol. The zero-order valence-electron chi connectivity index (χ0n) is 10.3. The molecule has 4 heteroatoms. The van der Waals surface area contributed by atoms with Crippen molar-refractivity contribution in [3.8, 4) is 0 Å². The number of non-ortho nitro benzene ring substituents is 1. The predicted octanol–water partition coefficient (Wildman–Crippen LogP) is 3.00. The Morgan fingerprint density at radius 3 is 2.82 bits per heavy atom. The average Bonchev–Trinajstić information content (AvgIpc) is 2.34. The molecule has 0 bridgehead atoms. The van der Waals surface area contributed by atoms with Crippen molar-refractivity contribution in [3.05, 3.63) is 45.5 Å². The number of nitro benzene ring substituents is 1. The van der Waals surface area contributed by atoms with E-state index in [-0.39, 0.29) is 10.6 Å². The second-order valence-electron chi connectivity index (χ2n) is 3.79. The minimum atomic E-state index is -0.368. The van der Waals surface area contributed by atoms with Crippen molar-refractivity contribution in [3.63, 3.8) is 0 Å². The molecule has 0 saturated heterocycles. The third kappa shape index (κ3) is 4.36. The Kier molecular flexibility index (Phi) is 5.36. The van der Waals surface area contributed by atoms with Crippen LogP contribution in [-0.4, -0.2) is 18.0 Å². The maximum Gasteiger partial charge on any atom is 0.270 e. The number of hydrogen-bond acceptors (Lipinski definition) is 3. The Bertz CT molecular complexity index is 414. The summed E-state index contributed by atoms with van der Waals surface area (Å²) in [4.78, 5) is 10.3. The monoisotopic (exact) mass is 234 g/mol. The molecule has 1 aromatic carbocycles. The van der Waals surface area contributed by atoms with Gasteiger partial charge < -0.3 is 5.32 Å². The first-order valence-corrected chi connectivity index (χ1v) is 5.82. The van der Waals surface area contributed by atoms with Gasteiger partial charge >= 0.3 is 0 Å². The lowest BCUT2D eigenvalue weighted by molar-refractivity contribution is -0.384. The number of nitrogens with one attached hydrogen (secondary N) is 1. The van der Waals surface area contributed by atoms with E-state index in [4.69, 9.17) is 0 Å². The summed E-state index contributed by atoms with van der Waals surface area (Å²) in [6, 6.07) is 6.70. The minimum absolute atomic E-state index is 0.137. The van der Waals surface area contributed by atoms with Crippen molar-refractivity contribution in [2.24, 2.45) is 0 Å². The molecule has 92 valence electrons. The Morgan fingerprint density at radius 1 is 1.47 bits per heavy atom.